The van der Waals surface area contributed by atoms with Crippen LogP contribution in [0.15, 0.2) is 24.3 Å². The molecule has 26 heavy (non-hydrogen) atoms. The normalized spacial score (nSPS) is 14.3. The lowest BCUT2D eigenvalue weighted by molar-refractivity contribution is 0.116. The number of rotatable bonds is 3. The van der Waals surface area contributed by atoms with E-state index in [0.29, 0.717) is 6.42 Å². The van der Waals surface area contributed by atoms with Crippen molar-refractivity contribution in [2.24, 2.45) is 5.41 Å². The zero-order valence-electron chi connectivity index (χ0n) is 18.8. The van der Waals surface area contributed by atoms with Gasteiger partial charge in [0.2, 0.25) is 0 Å². The van der Waals surface area contributed by atoms with E-state index in [0.717, 1.165) is 38.0 Å². The third-order valence-corrected chi connectivity index (χ3v) is 3.86. The Bertz CT molecular complexity index is 444. The lowest BCUT2D eigenvalue weighted by Gasteiger charge is -2.38. The quantitative estimate of drug-likeness (QED) is 0.555. The summed E-state index contributed by atoms with van der Waals surface area (Å²) in [5.41, 5.74) is 1.20. The Morgan fingerprint density at radius 3 is 1.92 bits per heavy atom. The predicted molar refractivity (Wildman–Crippen MR) is 115 cm³/mol. The van der Waals surface area contributed by atoms with Gasteiger partial charge in [0.05, 0.1) is 6.07 Å². The zero-order chi connectivity index (χ0) is 21.0. The second-order valence-electron chi connectivity index (χ2n) is 5.55. The van der Waals surface area contributed by atoms with Gasteiger partial charge in [0.25, 0.3) is 0 Å². The third kappa shape index (κ3) is 12.9. The molecular weight excluding hydrogens is 323 g/mol. The summed E-state index contributed by atoms with van der Waals surface area (Å²) in [7, 11) is 0. The molecule has 1 fully saturated rings. The Kier molecular flexibility index (Phi) is 22.5. The lowest BCUT2D eigenvalue weighted by Crippen LogP contribution is -2.38. The van der Waals surface area contributed by atoms with E-state index in [2.05, 4.69) is 17.9 Å². The highest BCUT2D eigenvalue weighted by atomic mass is 19.1. The smallest absolute Gasteiger partial charge is 0.123 e. The van der Waals surface area contributed by atoms with Crippen molar-refractivity contribution in [2.75, 3.05) is 13.1 Å². The number of piperidine rings is 1. The van der Waals surface area contributed by atoms with Gasteiger partial charge in [-0.25, -0.2) is 4.39 Å². The van der Waals surface area contributed by atoms with Crippen molar-refractivity contribution in [3.05, 3.63) is 35.6 Å². The van der Waals surface area contributed by atoms with Crippen molar-refractivity contribution in [2.45, 2.75) is 88.1 Å². The maximum absolute atomic E-state index is 13.1. The minimum Gasteiger partial charge on any atom is -0.299 e. The highest BCUT2D eigenvalue weighted by molar-refractivity contribution is 5.16. The van der Waals surface area contributed by atoms with E-state index >= 15 is 0 Å². The molecular formula is C23H43FN2. The van der Waals surface area contributed by atoms with Gasteiger partial charge in [0.1, 0.15) is 5.82 Å². The fourth-order valence-electron chi connectivity index (χ4n) is 2.51. The first-order valence-electron chi connectivity index (χ1n) is 10.5. The van der Waals surface area contributed by atoms with E-state index in [4.69, 9.17) is 5.26 Å². The molecule has 0 saturated carbocycles. The molecule has 1 saturated heterocycles. The number of likely N-dealkylation sites (tertiary alicyclic amines) is 1. The van der Waals surface area contributed by atoms with Crippen molar-refractivity contribution in [3.8, 4) is 6.07 Å². The molecule has 0 N–H and O–H groups in total. The Labute approximate surface area is 163 Å². The molecule has 152 valence electrons. The molecule has 0 radical (unpaired) electrons. The van der Waals surface area contributed by atoms with Crippen LogP contribution in [0.3, 0.4) is 0 Å². The molecule has 2 rings (SSSR count). The van der Waals surface area contributed by atoms with Crippen LogP contribution in [-0.4, -0.2) is 18.0 Å². The molecule has 3 heteroatoms. The number of halogens is 1. The van der Waals surface area contributed by atoms with Gasteiger partial charge >= 0.3 is 0 Å². The fourth-order valence-corrected chi connectivity index (χ4v) is 2.51. The zero-order valence-corrected chi connectivity index (χ0v) is 18.8. The van der Waals surface area contributed by atoms with Crippen LogP contribution in [0.1, 0.15) is 87.1 Å². The third-order valence-electron chi connectivity index (χ3n) is 3.86. The van der Waals surface area contributed by atoms with Gasteiger partial charge in [-0.2, -0.15) is 5.26 Å². The Morgan fingerprint density at radius 1 is 1.00 bits per heavy atom. The summed E-state index contributed by atoms with van der Waals surface area (Å²) in [6, 6.07) is 9.08. The number of nitriles is 1. The van der Waals surface area contributed by atoms with Crippen molar-refractivity contribution in [1.82, 2.24) is 4.90 Å². The first-order valence-corrected chi connectivity index (χ1v) is 10.5. The van der Waals surface area contributed by atoms with Crippen molar-refractivity contribution in [1.29, 1.82) is 5.26 Å². The summed E-state index contributed by atoms with van der Waals surface area (Å²) in [6.45, 7) is 21.0. The SMILES string of the molecule is CC.CC.CC.CC.CC1(CC#N)CCN(Cc2cccc(F)c2)CC1. The molecule has 1 aliphatic heterocycles. The molecule has 1 aromatic rings. The van der Waals surface area contributed by atoms with E-state index in [1.165, 1.54) is 6.07 Å². The largest absolute Gasteiger partial charge is 0.299 e. The second kappa shape index (κ2) is 19.9. The van der Waals surface area contributed by atoms with Gasteiger partial charge in [0.15, 0.2) is 0 Å². The molecule has 0 aliphatic carbocycles. The van der Waals surface area contributed by atoms with Crippen molar-refractivity contribution < 1.29 is 4.39 Å². The molecule has 0 bridgehead atoms. The van der Waals surface area contributed by atoms with E-state index in [9.17, 15) is 4.39 Å². The fraction of sp³-hybridized carbons (Fsp3) is 0.696. The number of hydrogen-bond acceptors (Lipinski definition) is 2. The first kappa shape index (κ1) is 29.4. The monoisotopic (exact) mass is 366 g/mol. The molecule has 0 spiro atoms. The van der Waals surface area contributed by atoms with E-state index < -0.39 is 0 Å². The van der Waals surface area contributed by atoms with Gasteiger partial charge in [-0.1, -0.05) is 74.4 Å². The number of nitrogens with zero attached hydrogens (tertiary/aromatic N) is 2. The summed E-state index contributed by atoms with van der Waals surface area (Å²) >= 11 is 0. The Hall–Kier alpha value is -1.40. The summed E-state index contributed by atoms with van der Waals surface area (Å²) in [5, 5.41) is 8.81. The summed E-state index contributed by atoms with van der Waals surface area (Å²) < 4.78 is 13.1. The molecule has 0 amide bonds. The highest BCUT2D eigenvalue weighted by Crippen LogP contribution is 2.34. The molecule has 0 unspecified atom stereocenters. The minimum atomic E-state index is -0.168. The van der Waals surface area contributed by atoms with Crippen LogP contribution in [0.25, 0.3) is 0 Å². The van der Waals surface area contributed by atoms with Crippen molar-refractivity contribution in [3.63, 3.8) is 0 Å². The summed E-state index contributed by atoms with van der Waals surface area (Å²) in [4.78, 5) is 2.34. The number of hydrogen-bond donors (Lipinski definition) is 0. The van der Waals surface area contributed by atoms with Crippen LogP contribution in [0.4, 0.5) is 4.39 Å². The first-order chi connectivity index (χ1) is 12.6. The molecule has 0 atom stereocenters. The van der Waals surface area contributed by atoms with Crippen LogP contribution in [-0.2, 0) is 6.54 Å². The second-order valence-corrected chi connectivity index (χ2v) is 5.55. The molecule has 1 heterocycles. The Balaban J connectivity index is -0.000000585. The average Bonchev–Trinajstić information content (AvgIpc) is 2.70. The van der Waals surface area contributed by atoms with Gasteiger partial charge in [-0.05, 0) is 49.0 Å². The van der Waals surface area contributed by atoms with Crippen LogP contribution in [0, 0.1) is 22.6 Å². The van der Waals surface area contributed by atoms with E-state index in [1.807, 2.05) is 61.5 Å². The topological polar surface area (TPSA) is 27.0 Å². The Morgan fingerprint density at radius 2 is 1.50 bits per heavy atom. The van der Waals surface area contributed by atoms with E-state index in [1.54, 1.807) is 12.1 Å². The predicted octanol–water partition coefficient (Wildman–Crippen LogP) is 7.45. The highest BCUT2D eigenvalue weighted by Gasteiger charge is 2.29. The summed E-state index contributed by atoms with van der Waals surface area (Å²) in [6.07, 6.45) is 2.74. The van der Waals surface area contributed by atoms with Gasteiger partial charge < -0.3 is 0 Å². The van der Waals surface area contributed by atoms with E-state index in [-0.39, 0.29) is 11.2 Å². The summed E-state index contributed by atoms with van der Waals surface area (Å²) in [5.74, 6) is -0.168. The van der Waals surface area contributed by atoms with Crippen LogP contribution >= 0.6 is 0 Å². The number of benzene rings is 1. The van der Waals surface area contributed by atoms with Crippen LogP contribution in [0.2, 0.25) is 0 Å². The molecule has 1 aromatic carbocycles. The van der Waals surface area contributed by atoms with Gasteiger partial charge in [-0.15, -0.1) is 0 Å². The minimum absolute atomic E-state index is 0.168. The molecule has 1 aliphatic rings. The maximum Gasteiger partial charge on any atom is 0.123 e. The van der Waals surface area contributed by atoms with Crippen LogP contribution < -0.4 is 0 Å². The van der Waals surface area contributed by atoms with Crippen LogP contribution in [0.5, 0.6) is 0 Å². The molecule has 0 aromatic heterocycles. The van der Waals surface area contributed by atoms with Gasteiger partial charge in [-0.3, -0.25) is 4.90 Å². The standard InChI is InChI=1S/C15H19FN2.4C2H6/c1-15(5-8-17)6-9-18(10-7-15)12-13-3-2-4-14(16)11-13;4*1-2/h2-4,11H,5-7,9-10,12H2,1H3;4*1-2H3. The maximum atomic E-state index is 13.1. The average molecular weight is 367 g/mol. The van der Waals surface area contributed by atoms with Crippen molar-refractivity contribution >= 4 is 0 Å². The lowest BCUT2D eigenvalue weighted by atomic mass is 9.78. The van der Waals surface area contributed by atoms with Gasteiger partial charge in [0, 0.05) is 13.0 Å². The molecule has 2 nitrogen and oxygen atoms in total.